The number of hydrogen-bond acceptors (Lipinski definition) is 4. The van der Waals surface area contributed by atoms with Gasteiger partial charge in [-0.1, -0.05) is 13.8 Å². The van der Waals surface area contributed by atoms with Crippen LogP contribution in [-0.2, 0) is 0 Å². The molecule has 112 valence electrons. The number of β-amino-alcohol motifs (C(OH)–C–C–N with tert-alkyl or cyclic N) is 1. The molecule has 1 atom stereocenters. The zero-order valence-electron chi connectivity index (χ0n) is 12.6. The highest BCUT2D eigenvalue weighted by atomic mass is 16.3. The molecule has 0 aliphatic carbocycles. The normalized spacial score (nSPS) is 25.9. The lowest BCUT2D eigenvalue weighted by molar-refractivity contribution is 0.0529. The molecule has 2 aliphatic rings. The highest BCUT2D eigenvalue weighted by Crippen LogP contribution is 2.24. The van der Waals surface area contributed by atoms with Crippen LogP contribution in [0.4, 0.5) is 0 Å². The number of aliphatic hydroxyl groups excluding tert-OH is 1. The number of aliphatic hydroxyl groups is 1. The number of likely N-dealkylation sites (tertiary alicyclic amines) is 1. The molecular weight excluding hydrogens is 238 g/mol. The van der Waals surface area contributed by atoms with Crippen molar-refractivity contribution >= 4 is 0 Å². The fourth-order valence-electron chi connectivity index (χ4n) is 3.35. The van der Waals surface area contributed by atoms with E-state index in [0.717, 1.165) is 51.1 Å². The number of rotatable bonds is 5. The van der Waals surface area contributed by atoms with Gasteiger partial charge in [0.1, 0.15) is 0 Å². The molecule has 19 heavy (non-hydrogen) atoms. The summed E-state index contributed by atoms with van der Waals surface area (Å²) >= 11 is 0. The van der Waals surface area contributed by atoms with Crippen LogP contribution in [0.25, 0.3) is 0 Å². The van der Waals surface area contributed by atoms with Gasteiger partial charge in [0.2, 0.25) is 0 Å². The van der Waals surface area contributed by atoms with Crippen molar-refractivity contribution in [3.63, 3.8) is 0 Å². The highest BCUT2D eigenvalue weighted by Gasteiger charge is 2.23. The summed E-state index contributed by atoms with van der Waals surface area (Å²) < 4.78 is 0. The van der Waals surface area contributed by atoms with E-state index < -0.39 is 0 Å². The first-order valence-electron chi connectivity index (χ1n) is 7.98. The van der Waals surface area contributed by atoms with Gasteiger partial charge in [-0.05, 0) is 37.8 Å². The second kappa shape index (κ2) is 7.58. The summed E-state index contributed by atoms with van der Waals surface area (Å²) in [6.07, 6.45) is 2.42. The summed E-state index contributed by atoms with van der Waals surface area (Å²) in [5, 5.41) is 13.6. The van der Waals surface area contributed by atoms with Crippen LogP contribution in [0, 0.1) is 11.8 Å². The molecule has 0 aromatic heterocycles. The Kier molecular flexibility index (Phi) is 6.07. The smallest absolute Gasteiger partial charge is 0.0793 e. The maximum Gasteiger partial charge on any atom is 0.0793 e. The van der Waals surface area contributed by atoms with E-state index in [1.165, 1.54) is 25.9 Å². The molecule has 0 radical (unpaired) electrons. The monoisotopic (exact) mass is 269 g/mol. The minimum atomic E-state index is -0.186. The van der Waals surface area contributed by atoms with Crippen molar-refractivity contribution in [2.24, 2.45) is 11.8 Å². The van der Waals surface area contributed by atoms with E-state index in [9.17, 15) is 5.11 Å². The van der Waals surface area contributed by atoms with Crippen LogP contribution in [0.2, 0.25) is 0 Å². The Morgan fingerprint density at radius 3 is 2.05 bits per heavy atom. The van der Waals surface area contributed by atoms with Crippen molar-refractivity contribution in [1.82, 2.24) is 15.1 Å². The third-order valence-corrected chi connectivity index (χ3v) is 4.72. The number of piperazine rings is 1. The highest BCUT2D eigenvalue weighted by molar-refractivity contribution is 4.78. The van der Waals surface area contributed by atoms with E-state index in [0.29, 0.717) is 0 Å². The van der Waals surface area contributed by atoms with Crippen molar-refractivity contribution in [3.05, 3.63) is 0 Å². The SMILES string of the molecule is CC(C)C1CCN(CC(O)CN2CCNCC2)CC1. The van der Waals surface area contributed by atoms with Gasteiger partial charge in [0.15, 0.2) is 0 Å². The van der Waals surface area contributed by atoms with E-state index in [1.807, 2.05) is 0 Å². The van der Waals surface area contributed by atoms with E-state index in [4.69, 9.17) is 0 Å². The lowest BCUT2D eigenvalue weighted by Gasteiger charge is -2.36. The molecule has 2 N–H and O–H groups in total. The summed E-state index contributed by atoms with van der Waals surface area (Å²) in [7, 11) is 0. The van der Waals surface area contributed by atoms with Crippen LogP contribution in [-0.4, -0.2) is 73.4 Å². The van der Waals surface area contributed by atoms with Crippen molar-refractivity contribution < 1.29 is 5.11 Å². The average molecular weight is 269 g/mol. The van der Waals surface area contributed by atoms with Crippen molar-refractivity contribution in [1.29, 1.82) is 0 Å². The minimum absolute atomic E-state index is 0.186. The quantitative estimate of drug-likeness (QED) is 0.767. The van der Waals surface area contributed by atoms with Crippen LogP contribution in [0.5, 0.6) is 0 Å². The van der Waals surface area contributed by atoms with E-state index in [2.05, 4.69) is 29.0 Å². The second-order valence-electron chi connectivity index (χ2n) is 6.59. The fraction of sp³-hybridized carbons (Fsp3) is 1.00. The summed E-state index contributed by atoms with van der Waals surface area (Å²) in [5.74, 6) is 1.70. The Morgan fingerprint density at radius 1 is 1.00 bits per heavy atom. The predicted octanol–water partition coefficient (Wildman–Crippen LogP) is 0.621. The predicted molar refractivity (Wildman–Crippen MR) is 79.3 cm³/mol. The topological polar surface area (TPSA) is 38.7 Å². The first-order valence-corrected chi connectivity index (χ1v) is 7.98. The molecule has 0 saturated carbocycles. The second-order valence-corrected chi connectivity index (χ2v) is 6.59. The Morgan fingerprint density at radius 2 is 1.53 bits per heavy atom. The van der Waals surface area contributed by atoms with Gasteiger partial charge in [-0.25, -0.2) is 0 Å². The summed E-state index contributed by atoms with van der Waals surface area (Å²) in [5.41, 5.74) is 0. The van der Waals surface area contributed by atoms with Gasteiger partial charge in [-0.15, -0.1) is 0 Å². The molecule has 0 amide bonds. The number of nitrogens with one attached hydrogen (secondary N) is 1. The van der Waals surface area contributed by atoms with Crippen LogP contribution in [0.15, 0.2) is 0 Å². The molecule has 0 aromatic rings. The first-order chi connectivity index (χ1) is 9.15. The zero-order valence-corrected chi connectivity index (χ0v) is 12.6. The van der Waals surface area contributed by atoms with Crippen molar-refractivity contribution in [3.8, 4) is 0 Å². The van der Waals surface area contributed by atoms with Gasteiger partial charge in [0.25, 0.3) is 0 Å². The molecule has 0 bridgehead atoms. The first kappa shape index (κ1) is 15.2. The molecule has 0 spiro atoms. The molecule has 2 aliphatic heterocycles. The summed E-state index contributed by atoms with van der Waals surface area (Å²) in [6.45, 7) is 13.0. The van der Waals surface area contributed by atoms with E-state index in [-0.39, 0.29) is 6.10 Å². The largest absolute Gasteiger partial charge is 0.390 e. The molecular formula is C15H31N3O. The van der Waals surface area contributed by atoms with Gasteiger partial charge in [0, 0.05) is 39.3 Å². The van der Waals surface area contributed by atoms with Gasteiger partial charge in [-0.2, -0.15) is 0 Å². The summed E-state index contributed by atoms with van der Waals surface area (Å²) in [6, 6.07) is 0. The van der Waals surface area contributed by atoms with Crippen molar-refractivity contribution in [2.75, 3.05) is 52.4 Å². The van der Waals surface area contributed by atoms with Crippen LogP contribution < -0.4 is 5.32 Å². The molecule has 2 saturated heterocycles. The molecule has 0 aromatic carbocycles. The Bertz CT molecular complexity index is 246. The molecule has 4 heteroatoms. The summed E-state index contributed by atoms with van der Waals surface area (Å²) in [4.78, 5) is 4.83. The lowest BCUT2D eigenvalue weighted by Crippen LogP contribution is -2.49. The molecule has 2 rings (SSSR count). The van der Waals surface area contributed by atoms with Gasteiger partial charge < -0.3 is 15.3 Å². The third-order valence-electron chi connectivity index (χ3n) is 4.72. The number of hydrogen-bond donors (Lipinski definition) is 2. The maximum atomic E-state index is 10.2. The van der Waals surface area contributed by atoms with Crippen LogP contribution in [0.1, 0.15) is 26.7 Å². The average Bonchev–Trinajstić information content (AvgIpc) is 2.40. The van der Waals surface area contributed by atoms with Crippen molar-refractivity contribution in [2.45, 2.75) is 32.8 Å². The van der Waals surface area contributed by atoms with Crippen LogP contribution in [0.3, 0.4) is 0 Å². The fourth-order valence-corrected chi connectivity index (χ4v) is 3.35. The van der Waals surface area contributed by atoms with Gasteiger partial charge in [-0.3, -0.25) is 4.90 Å². The lowest BCUT2D eigenvalue weighted by atomic mass is 9.86. The molecule has 1 unspecified atom stereocenters. The Labute approximate surface area is 118 Å². The van der Waals surface area contributed by atoms with Gasteiger partial charge in [0.05, 0.1) is 6.10 Å². The Balaban J connectivity index is 1.64. The van der Waals surface area contributed by atoms with E-state index in [1.54, 1.807) is 0 Å². The maximum absolute atomic E-state index is 10.2. The number of nitrogens with zero attached hydrogens (tertiary/aromatic N) is 2. The third kappa shape index (κ3) is 5.03. The molecule has 4 nitrogen and oxygen atoms in total. The standard InChI is InChI=1S/C15H31N3O/c1-13(2)14-3-7-17(8-4-14)11-15(19)12-18-9-5-16-6-10-18/h13-16,19H,3-12H2,1-2H3. The van der Waals surface area contributed by atoms with Gasteiger partial charge >= 0.3 is 0 Å². The molecule has 2 heterocycles. The molecule has 2 fully saturated rings. The van der Waals surface area contributed by atoms with Crippen LogP contribution >= 0.6 is 0 Å². The Hall–Kier alpha value is -0.160. The minimum Gasteiger partial charge on any atom is -0.390 e. The zero-order chi connectivity index (χ0) is 13.7. The number of piperidine rings is 1. The van der Waals surface area contributed by atoms with E-state index >= 15 is 0 Å².